The quantitative estimate of drug-likeness (QED) is 0.488. The molecule has 0 aliphatic carbocycles. The maximum atomic E-state index is 12.1. The second kappa shape index (κ2) is 7.07. The van der Waals surface area contributed by atoms with Gasteiger partial charge in [0.05, 0.1) is 5.52 Å². The van der Waals surface area contributed by atoms with E-state index in [2.05, 4.69) is 69.7 Å². The van der Waals surface area contributed by atoms with Crippen LogP contribution in [-0.2, 0) is 20.1 Å². The molecule has 2 N–H and O–H groups in total. The van der Waals surface area contributed by atoms with Crippen molar-refractivity contribution in [2.75, 3.05) is 0 Å². The van der Waals surface area contributed by atoms with Gasteiger partial charge in [0.1, 0.15) is 0 Å². The summed E-state index contributed by atoms with van der Waals surface area (Å²) in [7, 11) is 2.06. The number of para-hydroxylation sites is 1. The lowest BCUT2D eigenvalue weighted by Gasteiger charge is -2.10. The Bertz CT molecular complexity index is 1360. The highest BCUT2D eigenvalue weighted by molar-refractivity contribution is 5.97. The lowest BCUT2D eigenvalue weighted by Crippen LogP contribution is -2.14. The predicted octanol–water partition coefficient (Wildman–Crippen LogP) is 3.47. The Morgan fingerprint density at radius 1 is 1.00 bits per heavy atom. The van der Waals surface area contributed by atoms with Crippen LogP contribution in [0.4, 0.5) is 0 Å². The number of aryl methyl sites for hydroxylation is 1. The first-order chi connectivity index (χ1) is 14.2. The van der Waals surface area contributed by atoms with Crippen LogP contribution in [0.15, 0.2) is 77.7 Å². The summed E-state index contributed by atoms with van der Waals surface area (Å²) in [5.74, 6) is 0. The van der Waals surface area contributed by atoms with Crippen LogP contribution in [0.25, 0.3) is 27.7 Å². The minimum atomic E-state index is -0.220. The molecule has 3 aromatic heterocycles. The molecule has 0 radical (unpaired) electrons. The number of pyridine rings is 1. The van der Waals surface area contributed by atoms with Gasteiger partial charge in [0.2, 0.25) is 0 Å². The Hall–Kier alpha value is -3.64. The van der Waals surface area contributed by atoms with Gasteiger partial charge in [-0.05, 0) is 41.0 Å². The van der Waals surface area contributed by atoms with Crippen LogP contribution in [0, 0.1) is 0 Å². The molecule has 5 rings (SSSR count). The Kier molecular flexibility index (Phi) is 4.26. The molecule has 0 saturated carbocycles. The van der Waals surface area contributed by atoms with Gasteiger partial charge in [-0.15, -0.1) is 0 Å². The van der Waals surface area contributed by atoms with E-state index in [4.69, 9.17) is 0 Å². The molecule has 6 heteroatoms. The average molecular weight is 383 g/mol. The van der Waals surface area contributed by atoms with E-state index in [9.17, 15) is 4.79 Å². The van der Waals surface area contributed by atoms with Crippen molar-refractivity contribution < 1.29 is 0 Å². The van der Waals surface area contributed by atoms with Crippen molar-refractivity contribution in [2.45, 2.75) is 13.1 Å². The van der Waals surface area contributed by atoms with Crippen molar-refractivity contribution in [3.8, 4) is 11.1 Å². The molecule has 3 heterocycles. The average Bonchev–Trinajstić information content (AvgIpc) is 3.33. The Labute approximate surface area is 167 Å². The standard InChI is InChI=1S/C23H21N5O/c1-27-12-4-5-18(27)15-24-14-16-8-10-17(11-9-16)20-13-22-25-26-23(29)28(22)21-7-3-2-6-19(20)21/h2-13,24H,14-15H2,1H3,(H,26,29). The molecule has 0 atom stereocenters. The second-order valence-electron chi connectivity index (χ2n) is 7.21. The SMILES string of the molecule is Cn1cccc1CNCc1ccc(-c2cc3n[nH]c(=O)n3c3ccccc23)cc1. The summed E-state index contributed by atoms with van der Waals surface area (Å²) in [6.07, 6.45) is 2.06. The zero-order valence-corrected chi connectivity index (χ0v) is 16.1. The van der Waals surface area contributed by atoms with Crippen molar-refractivity contribution in [3.63, 3.8) is 0 Å². The van der Waals surface area contributed by atoms with Gasteiger partial charge in [0, 0.05) is 37.4 Å². The highest BCUT2D eigenvalue weighted by Gasteiger charge is 2.11. The van der Waals surface area contributed by atoms with Crippen molar-refractivity contribution in [3.05, 3.63) is 94.7 Å². The number of nitrogens with zero attached hydrogens (tertiary/aromatic N) is 3. The molecule has 0 aliphatic heterocycles. The second-order valence-corrected chi connectivity index (χ2v) is 7.21. The van der Waals surface area contributed by atoms with Gasteiger partial charge < -0.3 is 9.88 Å². The van der Waals surface area contributed by atoms with Crippen LogP contribution < -0.4 is 11.0 Å². The third-order valence-electron chi connectivity index (χ3n) is 5.36. The van der Waals surface area contributed by atoms with E-state index in [1.807, 2.05) is 30.3 Å². The maximum absolute atomic E-state index is 12.1. The van der Waals surface area contributed by atoms with E-state index < -0.39 is 0 Å². The first-order valence-electron chi connectivity index (χ1n) is 9.60. The lowest BCUT2D eigenvalue weighted by molar-refractivity contribution is 0.655. The molecule has 2 aromatic carbocycles. The van der Waals surface area contributed by atoms with Gasteiger partial charge in [0.15, 0.2) is 5.65 Å². The number of H-pyrrole nitrogens is 1. The zero-order chi connectivity index (χ0) is 19.8. The van der Waals surface area contributed by atoms with Crippen LogP contribution >= 0.6 is 0 Å². The molecular weight excluding hydrogens is 362 g/mol. The summed E-state index contributed by atoms with van der Waals surface area (Å²) in [5, 5.41) is 11.2. The van der Waals surface area contributed by atoms with E-state index in [0.29, 0.717) is 5.65 Å². The number of fused-ring (bicyclic) bond motifs is 3. The third kappa shape index (κ3) is 3.13. The Balaban J connectivity index is 1.44. The Morgan fingerprint density at radius 2 is 1.83 bits per heavy atom. The summed E-state index contributed by atoms with van der Waals surface area (Å²) in [5.41, 5.74) is 5.91. The molecule has 0 fully saturated rings. The number of hydrogen-bond donors (Lipinski definition) is 2. The lowest BCUT2D eigenvalue weighted by atomic mass is 10.00. The van der Waals surface area contributed by atoms with E-state index in [-0.39, 0.29) is 5.69 Å². The van der Waals surface area contributed by atoms with Gasteiger partial charge in [-0.3, -0.25) is 0 Å². The largest absolute Gasteiger partial charge is 0.353 e. The molecular formula is C23H21N5O. The van der Waals surface area contributed by atoms with E-state index >= 15 is 0 Å². The third-order valence-corrected chi connectivity index (χ3v) is 5.36. The monoisotopic (exact) mass is 383 g/mol. The van der Waals surface area contributed by atoms with Crippen LogP contribution in [0.3, 0.4) is 0 Å². The molecule has 5 aromatic rings. The number of nitrogens with one attached hydrogen (secondary N) is 2. The van der Waals surface area contributed by atoms with E-state index in [1.165, 1.54) is 11.3 Å². The normalized spacial score (nSPS) is 11.5. The first kappa shape index (κ1) is 17.5. The summed E-state index contributed by atoms with van der Waals surface area (Å²) >= 11 is 0. The number of aromatic amines is 1. The predicted molar refractivity (Wildman–Crippen MR) is 115 cm³/mol. The molecule has 0 amide bonds. The fourth-order valence-electron chi connectivity index (χ4n) is 3.80. The highest BCUT2D eigenvalue weighted by Crippen LogP contribution is 2.29. The summed E-state index contributed by atoms with van der Waals surface area (Å²) in [6, 6.07) is 22.6. The maximum Gasteiger partial charge on any atom is 0.348 e. The van der Waals surface area contributed by atoms with Gasteiger partial charge in [0.25, 0.3) is 0 Å². The molecule has 29 heavy (non-hydrogen) atoms. The number of aromatic nitrogens is 4. The van der Waals surface area contributed by atoms with Crippen molar-refractivity contribution in [2.24, 2.45) is 7.05 Å². The number of rotatable bonds is 5. The topological polar surface area (TPSA) is 67.1 Å². The fraction of sp³-hybridized carbons (Fsp3) is 0.130. The van der Waals surface area contributed by atoms with E-state index in [1.54, 1.807) is 4.40 Å². The molecule has 6 nitrogen and oxygen atoms in total. The Morgan fingerprint density at radius 3 is 2.62 bits per heavy atom. The molecule has 0 saturated heterocycles. The van der Waals surface area contributed by atoms with Gasteiger partial charge >= 0.3 is 5.69 Å². The van der Waals surface area contributed by atoms with Gasteiger partial charge in [-0.1, -0.05) is 42.5 Å². The highest BCUT2D eigenvalue weighted by atomic mass is 16.1. The minimum Gasteiger partial charge on any atom is -0.353 e. The molecule has 0 spiro atoms. The van der Waals surface area contributed by atoms with Gasteiger partial charge in [-0.2, -0.15) is 5.10 Å². The van der Waals surface area contributed by atoms with E-state index in [0.717, 1.165) is 35.1 Å². The summed E-state index contributed by atoms with van der Waals surface area (Å²) < 4.78 is 3.73. The number of benzene rings is 2. The number of hydrogen-bond acceptors (Lipinski definition) is 3. The summed E-state index contributed by atoms with van der Waals surface area (Å²) in [4.78, 5) is 12.1. The van der Waals surface area contributed by atoms with Gasteiger partial charge in [-0.25, -0.2) is 14.3 Å². The smallest absolute Gasteiger partial charge is 0.348 e. The fourth-order valence-corrected chi connectivity index (χ4v) is 3.80. The zero-order valence-electron chi connectivity index (χ0n) is 16.1. The van der Waals surface area contributed by atoms with Crippen LogP contribution in [0.5, 0.6) is 0 Å². The summed E-state index contributed by atoms with van der Waals surface area (Å²) in [6.45, 7) is 1.64. The van der Waals surface area contributed by atoms with Crippen LogP contribution in [0.1, 0.15) is 11.3 Å². The molecule has 0 aliphatic rings. The van der Waals surface area contributed by atoms with Crippen molar-refractivity contribution >= 4 is 16.6 Å². The molecule has 144 valence electrons. The first-order valence-corrected chi connectivity index (χ1v) is 9.60. The minimum absolute atomic E-state index is 0.220. The van der Waals surface area contributed by atoms with Crippen LogP contribution in [-0.4, -0.2) is 19.2 Å². The molecule has 0 bridgehead atoms. The van der Waals surface area contributed by atoms with Crippen molar-refractivity contribution in [1.82, 2.24) is 24.5 Å². The molecule has 0 unspecified atom stereocenters. The van der Waals surface area contributed by atoms with Crippen molar-refractivity contribution in [1.29, 1.82) is 0 Å². The van der Waals surface area contributed by atoms with Crippen LogP contribution in [0.2, 0.25) is 0 Å².